The number of phenolic OH excluding ortho intramolecular Hbond substituents is 2. The quantitative estimate of drug-likeness (QED) is 0.694. The van der Waals surface area contributed by atoms with Gasteiger partial charge in [0.15, 0.2) is 5.75 Å². The predicted octanol–water partition coefficient (Wildman–Crippen LogP) is 5.60. The normalized spacial score (nSPS) is 14.0. The molecule has 2 N–H and O–H groups in total. The van der Waals surface area contributed by atoms with E-state index in [0.29, 0.717) is 0 Å². The van der Waals surface area contributed by atoms with Gasteiger partial charge in [-0.1, -0.05) is 47.8 Å². The molecule has 0 aliphatic heterocycles. The molecule has 0 saturated heterocycles. The van der Waals surface area contributed by atoms with Crippen LogP contribution in [0.5, 0.6) is 11.5 Å². The average molecular weight is 366 g/mol. The second-order valence-electron chi connectivity index (χ2n) is 4.92. The van der Waals surface area contributed by atoms with Crippen LogP contribution in [-0.4, -0.2) is 16.1 Å². The summed E-state index contributed by atoms with van der Waals surface area (Å²) >= 11 is 24.1. The number of hydrogen-bond acceptors (Lipinski definition) is 2. The predicted molar refractivity (Wildman–Crippen MR) is 88.4 cm³/mol. The van der Waals surface area contributed by atoms with Gasteiger partial charge in [0.2, 0.25) is 0 Å². The first-order valence-electron chi connectivity index (χ1n) is 6.03. The molecule has 2 aromatic rings. The molecule has 2 nitrogen and oxygen atoms in total. The smallest absolute Gasteiger partial charge is 0.152 e. The first kappa shape index (κ1) is 16.6. The Morgan fingerprint density at radius 2 is 1.43 bits per heavy atom. The van der Waals surface area contributed by atoms with Crippen molar-refractivity contribution in [1.29, 1.82) is 0 Å². The molecular weight excluding hydrogens is 354 g/mol. The Hall–Kier alpha value is -0.800. The second-order valence-corrected chi connectivity index (χ2v) is 6.41. The maximum atomic E-state index is 9.67. The molecular formula is C15H12Cl4O2. The fraction of sp³-hybridized carbons (Fsp3) is 0.200. The first-order chi connectivity index (χ1) is 9.79. The van der Waals surface area contributed by atoms with Crippen LogP contribution in [-0.2, 0) is 5.41 Å². The zero-order chi connectivity index (χ0) is 15.8. The lowest BCUT2D eigenvalue weighted by Crippen LogP contribution is -2.25. The molecule has 2 aromatic carbocycles. The fourth-order valence-electron chi connectivity index (χ4n) is 2.06. The second kappa shape index (κ2) is 6.13. The summed E-state index contributed by atoms with van der Waals surface area (Å²) in [6.07, 6.45) is 0. The Kier molecular flexibility index (Phi) is 4.84. The molecule has 21 heavy (non-hydrogen) atoms. The van der Waals surface area contributed by atoms with Crippen LogP contribution >= 0.6 is 46.4 Å². The largest absolute Gasteiger partial charge is 0.506 e. The van der Waals surface area contributed by atoms with Crippen molar-refractivity contribution >= 4 is 46.4 Å². The van der Waals surface area contributed by atoms with Crippen molar-refractivity contribution in [1.82, 2.24) is 0 Å². The fourth-order valence-corrected chi connectivity index (χ4v) is 3.03. The third kappa shape index (κ3) is 3.04. The highest BCUT2D eigenvalue weighted by molar-refractivity contribution is 6.37. The zero-order valence-corrected chi connectivity index (χ0v) is 14.0. The average Bonchev–Trinajstić information content (AvgIpc) is 2.46. The SMILES string of the molecule is CC(CCl)(c1ccc(O)c(Cl)c1)c1cc(Cl)c(O)c(Cl)c1. The number of phenols is 2. The van der Waals surface area contributed by atoms with Crippen LogP contribution in [0.1, 0.15) is 18.1 Å². The Morgan fingerprint density at radius 3 is 1.90 bits per heavy atom. The van der Waals surface area contributed by atoms with Crippen molar-refractivity contribution in [2.75, 3.05) is 5.88 Å². The number of aromatic hydroxyl groups is 2. The summed E-state index contributed by atoms with van der Waals surface area (Å²) in [5.41, 5.74) is 0.921. The van der Waals surface area contributed by atoms with E-state index in [4.69, 9.17) is 46.4 Å². The molecule has 0 saturated carbocycles. The molecule has 0 aliphatic carbocycles. The number of benzene rings is 2. The molecule has 1 atom stereocenters. The molecule has 2 rings (SSSR count). The highest BCUT2D eigenvalue weighted by atomic mass is 35.5. The molecule has 0 radical (unpaired) electrons. The van der Waals surface area contributed by atoms with Crippen LogP contribution < -0.4 is 0 Å². The van der Waals surface area contributed by atoms with Crippen LogP contribution in [0.25, 0.3) is 0 Å². The van der Waals surface area contributed by atoms with E-state index in [1.165, 1.54) is 6.07 Å². The maximum absolute atomic E-state index is 9.67. The molecule has 1 unspecified atom stereocenters. The van der Waals surface area contributed by atoms with Gasteiger partial charge in [0.05, 0.1) is 15.1 Å². The van der Waals surface area contributed by atoms with Crippen LogP contribution in [0.3, 0.4) is 0 Å². The Morgan fingerprint density at radius 1 is 0.905 bits per heavy atom. The molecule has 0 aliphatic rings. The van der Waals surface area contributed by atoms with Crippen molar-refractivity contribution in [3.05, 3.63) is 56.5 Å². The first-order valence-corrected chi connectivity index (χ1v) is 7.70. The molecule has 0 amide bonds. The summed E-state index contributed by atoms with van der Waals surface area (Å²) in [6, 6.07) is 8.12. The van der Waals surface area contributed by atoms with E-state index in [0.717, 1.165) is 11.1 Å². The van der Waals surface area contributed by atoms with Gasteiger partial charge >= 0.3 is 0 Å². The minimum Gasteiger partial charge on any atom is -0.506 e. The van der Waals surface area contributed by atoms with Gasteiger partial charge < -0.3 is 10.2 Å². The summed E-state index contributed by atoms with van der Waals surface area (Å²) in [6.45, 7) is 1.90. The van der Waals surface area contributed by atoms with E-state index in [1.807, 2.05) is 6.92 Å². The van der Waals surface area contributed by atoms with E-state index in [2.05, 4.69) is 0 Å². The van der Waals surface area contributed by atoms with Gasteiger partial charge in [-0.2, -0.15) is 0 Å². The molecule has 0 heterocycles. The minimum absolute atomic E-state index is 0.000824. The van der Waals surface area contributed by atoms with Crippen LogP contribution in [0.15, 0.2) is 30.3 Å². The number of alkyl halides is 1. The van der Waals surface area contributed by atoms with Crippen LogP contribution in [0.2, 0.25) is 15.1 Å². The lowest BCUT2D eigenvalue weighted by molar-refractivity contribution is 0.474. The van der Waals surface area contributed by atoms with E-state index < -0.39 is 5.41 Å². The summed E-state index contributed by atoms with van der Waals surface area (Å²) in [7, 11) is 0. The Bertz CT molecular complexity index is 664. The summed E-state index contributed by atoms with van der Waals surface area (Å²) in [5, 5.41) is 19.7. The number of rotatable bonds is 3. The number of hydrogen-bond donors (Lipinski definition) is 2. The highest BCUT2D eigenvalue weighted by Crippen LogP contribution is 2.41. The maximum Gasteiger partial charge on any atom is 0.152 e. The molecule has 0 fully saturated rings. The van der Waals surface area contributed by atoms with Crippen molar-refractivity contribution < 1.29 is 10.2 Å². The van der Waals surface area contributed by atoms with Gasteiger partial charge in [-0.15, -0.1) is 11.6 Å². The lowest BCUT2D eigenvalue weighted by Gasteiger charge is -2.29. The number of halogens is 4. The van der Waals surface area contributed by atoms with E-state index in [9.17, 15) is 10.2 Å². The third-order valence-electron chi connectivity index (χ3n) is 3.51. The lowest BCUT2D eigenvalue weighted by atomic mass is 9.78. The topological polar surface area (TPSA) is 40.5 Å². The van der Waals surface area contributed by atoms with Crippen molar-refractivity contribution in [2.45, 2.75) is 12.3 Å². The molecule has 0 aromatic heterocycles. The van der Waals surface area contributed by atoms with Gasteiger partial charge in [0, 0.05) is 11.3 Å². The highest BCUT2D eigenvalue weighted by Gasteiger charge is 2.30. The van der Waals surface area contributed by atoms with E-state index in [-0.39, 0.29) is 32.4 Å². The minimum atomic E-state index is -0.625. The van der Waals surface area contributed by atoms with Gasteiger partial charge in [-0.05, 0) is 35.4 Å². The zero-order valence-electron chi connectivity index (χ0n) is 11.0. The van der Waals surface area contributed by atoms with E-state index in [1.54, 1.807) is 24.3 Å². The van der Waals surface area contributed by atoms with Gasteiger partial charge in [0.1, 0.15) is 5.75 Å². The van der Waals surface area contributed by atoms with Crippen molar-refractivity contribution in [3.8, 4) is 11.5 Å². The third-order valence-corrected chi connectivity index (χ3v) is 4.92. The van der Waals surface area contributed by atoms with E-state index >= 15 is 0 Å². The van der Waals surface area contributed by atoms with Gasteiger partial charge in [-0.3, -0.25) is 0 Å². The van der Waals surface area contributed by atoms with Gasteiger partial charge in [-0.25, -0.2) is 0 Å². The Labute approximate surface area is 142 Å². The summed E-state index contributed by atoms with van der Waals surface area (Å²) in [4.78, 5) is 0. The van der Waals surface area contributed by atoms with Crippen molar-refractivity contribution in [2.24, 2.45) is 0 Å². The Balaban J connectivity index is 2.62. The summed E-state index contributed by atoms with van der Waals surface area (Å²) in [5.74, 6) is 0.0767. The molecule has 0 spiro atoms. The molecule has 0 bridgehead atoms. The monoisotopic (exact) mass is 364 g/mol. The van der Waals surface area contributed by atoms with Crippen molar-refractivity contribution in [3.63, 3.8) is 0 Å². The molecule has 6 heteroatoms. The molecule has 112 valence electrons. The summed E-state index contributed by atoms with van der Waals surface area (Å²) < 4.78 is 0. The van der Waals surface area contributed by atoms with Gasteiger partial charge in [0.25, 0.3) is 0 Å². The standard InChI is InChI=1S/C15H12Cl4O2/c1-15(7-16,8-2-3-13(20)10(17)4-8)9-5-11(18)14(21)12(19)6-9/h2-6,20-21H,7H2,1H3. The van der Waals surface area contributed by atoms with Crippen LogP contribution in [0.4, 0.5) is 0 Å². The van der Waals surface area contributed by atoms with Crippen LogP contribution in [0, 0.1) is 0 Å².